The van der Waals surface area contributed by atoms with Gasteiger partial charge in [-0.1, -0.05) is 102 Å². The van der Waals surface area contributed by atoms with Crippen molar-refractivity contribution in [3.8, 4) is 44.6 Å². The Morgan fingerprint density at radius 2 is 1.19 bits per heavy atom. The van der Waals surface area contributed by atoms with Crippen molar-refractivity contribution in [2.24, 2.45) is 0 Å². The van der Waals surface area contributed by atoms with Crippen molar-refractivity contribution < 1.29 is 4.57 Å². The first-order chi connectivity index (χ1) is 20.2. The first-order valence-corrected chi connectivity index (χ1v) is 15.7. The molecular formula is C41H44N+. The molecule has 0 aliphatic carbocycles. The van der Waals surface area contributed by atoms with E-state index in [1.54, 1.807) is 0 Å². The lowest BCUT2D eigenvalue weighted by atomic mass is 9.70. The van der Waals surface area contributed by atoms with Gasteiger partial charge in [0.15, 0.2) is 12.7 Å². The van der Waals surface area contributed by atoms with Crippen LogP contribution in [-0.2, 0) is 23.8 Å². The van der Waals surface area contributed by atoms with Gasteiger partial charge in [0, 0.05) is 12.1 Å². The van der Waals surface area contributed by atoms with Crippen molar-refractivity contribution >= 4 is 0 Å². The van der Waals surface area contributed by atoms with Crippen LogP contribution >= 0.6 is 0 Å². The lowest BCUT2D eigenvalue weighted by molar-refractivity contribution is -0.697. The number of rotatable bonds is 6. The third-order valence-electron chi connectivity index (χ3n) is 9.68. The number of aromatic nitrogens is 1. The molecule has 212 valence electrons. The van der Waals surface area contributed by atoms with E-state index in [9.17, 15) is 0 Å². The van der Waals surface area contributed by atoms with Gasteiger partial charge in [-0.2, -0.15) is 4.57 Å². The van der Waals surface area contributed by atoms with Crippen LogP contribution in [0, 0.1) is 0 Å². The highest BCUT2D eigenvalue weighted by Crippen LogP contribution is 2.43. The van der Waals surface area contributed by atoms with Crippen LogP contribution in [0.15, 0.2) is 109 Å². The Hall–Kier alpha value is -3.97. The van der Waals surface area contributed by atoms with Crippen LogP contribution in [0.1, 0.15) is 71.1 Å². The molecule has 1 aromatic heterocycles. The molecule has 2 heterocycles. The van der Waals surface area contributed by atoms with Gasteiger partial charge in [0.1, 0.15) is 0 Å². The van der Waals surface area contributed by atoms with E-state index in [1.807, 2.05) is 0 Å². The Labute approximate surface area is 252 Å². The second-order valence-corrected chi connectivity index (χ2v) is 13.1. The van der Waals surface area contributed by atoms with Crippen LogP contribution in [0.25, 0.3) is 44.6 Å². The summed E-state index contributed by atoms with van der Waals surface area (Å²) in [6.45, 7) is 14.8. The fourth-order valence-corrected chi connectivity index (χ4v) is 6.75. The third-order valence-corrected chi connectivity index (χ3v) is 9.68. The third kappa shape index (κ3) is 5.11. The van der Waals surface area contributed by atoms with Crippen LogP contribution in [0.2, 0.25) is 0 Å². The number of benzene rings is 4. The minimum Gasteiger partial charge on any atom is -0.197 e. The predicted molar refractivity (Wildman–Crippen MR) is 179 cm³/mol. The van der Waals surface area contributed by atoms with Crippen molar-refractivity contribution in [2.45, 2.75) is 78.2 Å². The zero-order valence-electron chi connectivity index (χ0n) is 26.2. The Bertz CT molecular complexity index is 1710. The molecule has 1 nitrogen and oxygen atoms in total. The molecule has 0 saturated heterocycles. The standard InChI is InChI=1S/C41H44N/c1-7-29-13-15-30(16-14-29)33-24-34(31-17-20-36(21-18-31)40(4,5)6)26-35(25-33)32-19-22-38-37(27-32)39-12-10-11-23-42(39)28-41(38,8-2)9-3/h10-27H,7-9,28H2,1-6H3/q+1. The van der Waals surface area contributed by atoms with Gasteiger partial charge >= 0.3 is 0 Å². The minimum absolute atomic E-state index is 0.135. The highest BCUT2D eigenvalue weighted by Gasteiger charge is 2.41. The average molecular weight is 551 g/mol. The highest BCUT2D eigenvalue weighted by molar-refractivity contribution is 5.83. The van der Waals surface area contributed by atoms with Crippen LogP contribution in [0.5, 0.6) is 0 Å². The van der Waals surface area contributed by atoms with Crippen molar-refractivity contribution in [1.82, 2.24) is 0 Å². The fraction of sp³-hybridized carbons (Fsp3) is 0.293. The van der Waals surface area contributed by atoms with E-state index in [4.69, 9.17) is 0 Å². The molecule has 0 radical (unpaired) electrons. The van der Waals surface area contributed by atoms with Gasteiger partial charge in [0.25, 0.3) is 0 Å². The molecule has 0 amide bonds. The van der Waals surface area contributed by atoms with E-state index in [2.05, 4.69) is 155 Å². The number of nitrogens with zero attached hydrogens (tertiary/aromatic N) is 1. The Kier molecular flexibility index (Phi) is 7.39. The highest BCUT2D eigenvalue weighted by atomic mass is 15.0. The fourth-order valence-electron chi connectivity index (χ4n) is 6.75. The molecule has 0 N–H and O–H groups in total. The topological polar surface area (TPSA) is 3.88 Å². The quantitative estimate of drug-likeness (QED) is 0.185. The Morgan fingerprint density at radius 3 is 1.76 bits per heavy atom. The van der Waals surface area contributed by atoms with E-state index in [0.29, 0.717) is 0 Å². The van der Waals surface area contributed by atoms with Gasteiger partial charge in [0.05, 0.1) is 11.0 Å². The molecule has 0 fully saturated rings. The maximum absolute atomic E-state index is 2.47. The number of fused-ring (bicyclic) bond motifs is 3. The summed E-state index contributed by atoms with van der Waals surface area (Å²) in [6, 6.07) is 39.2. The second kappa shape index (κ2) is 11.0. The van der Waals surface area contributed by atoms with E-state index in [-0.39, 0.29) is 10.8 Å². The lowest BCUT2D eigenvalue weighted by Gasteiger charge is -2.35. The molecule has 0 saturated carbocycles. The van der Waals surface area contributed by atoms with Gasteiger partial charge in [-0.3, -0.25) is 0 Å². The van der Waals surface area contributed by atoms with Gasteiger partial charge in [-0.25, -0.2) is 0 Å². The molecule has 1 aliphatic rings. The molecule has 0 spiro atoms. The van der Waals surface area contributed by atoms with Crippen LogP contribution < -0.4 is 4.57 Å². The molecule has 4 aromatic carbocycles. The summed E-state index contributed by atoms with van der Waals surface area (Å²) >= 11 is 0. The van der Waals surface area contributed by atoms with E-state index in [1.165, 1.54) is 61.3 Å². The summed E-state index contributed by atoms with van der Waals surface area (Å²) in [5.41, 5.74) is 14.8. The second-order valence-electron chi connectivity index (χ2n) is 13.1. The smallest absolute Gasteiger partial charge is 0.197 e. The first kappa shape index (κ1) is 28.2. The Balaban J connectivity index is 1.53. The molecule has 0 atom stereocenters. The van der Waals surface area contributed by atoms with Gasteiger partial charge < -0.3 is 0 Å². The maximum atomic E-state index is 2.47. The summed E-state index contributed by atoms with van der Waals surface area (Å²) in [5, 5.41) is 0. The SMILES string of the molecule is CCc1ccc(-c2cc(-c3ccc(C(C)(C)C)cc3)cc(-c3ccc4c(c3)-c3cccc[n+]3CC4(CC)CC)c2)cc1. The molecule has 42 heavy (non-hydrogen) atoms. The van der Waals surface area contributed by atoms with E-state index >= 15 is 0 Å². The summed E-state index contributed by atoms with van der Waals surface area (Å²) in [6.07, 6.45) is 5.58. The number of hydrogen-bond donors (Lipinski definition) is 0. The number of pyridine rings is 1. The number of hydrogen-bond acceptors (Lipinski definition) is 0. The molecule has 5 aromatic rings. The van der Waals surface area contributed by atoms with Gasteiger partial charge in [0.2, 0.25) is 5.69 Å². The summed E-state index contributed by atoms with van der Waals surface area (Å²) in [7, 11) is 0. The molecular weight excluding hydrogens is 506 g/mol. The maximum Gasteiger partial charge on any atom is 0.212 e. The van der Waals surface area contributed by atoms with Crippen LogP contribution in [0.3, 0.4) is 0 Å². The van der Waals surface area contributed by atoms with Crippen molar-refractivity contribution in [3.05, 3.63) is 126 Å². The largest absolute Gasteiger partial charge is 0.212 e. The van der Waals surface area contributed by atoms with Crippen molar-refractivity contribution in [2.75, 3.05) is 0 Å². The molecule has 0 bridgehead atoms. The lowest BCUT2D eigenvalue weighted by Crippen LogP contribution is -2.50. The zero-order valence-corrected chi connectivity index (χ0v) is 26.2. The van der Waals surface area contributed by atoms with Gasteiger partial charge in [-0.15, -0.1) is 0 Å². The van der Waals surface area contributed by atoms with Crippen LogP contribution in [0.4, 0.5) is 0 Å². The van der Waals surface area contributed by atoms with Gasteiger partial charge in [-0.05, 0) is 105 Å². The van der Waals surface area contributed by atoms with Crippen LogP contribution in [-0.4, -0.2) is 0 Å². The summed E-state index contributed by atoms with van der Waals surface area (Å²) in [5.74, 6) is 0. The molecule has 1 aliphatic heterocycles. The monoisotopic (exact) mass is 550 g/mol. The predicted octanol–water partition coefficient (Wildman–Crippen LogP) is 10.6. The first-order valence-electron chi connectivity index (χ1n) is 15.7. The Morgan fingerprint density at radius 1 is 0.619 bits per heavy atom. The number of aryl methyl sites for hydroxylation is 1. The van der Waals surface area contributed by atoms with E-state index < -0.39 is 0 Å². The van der Waals surface area contributed by atoms with Crippen molar-refractivity contribution in [3.63, 3.8) is 0 Å². The molecule has 6 rings (SSSR count). The molecule has 1 heteroatoms. The molecule has 0 unspecified atom stereocenters. The summed E-state index contributed by atoms with van der Waals surface area (Å²) in [4.78, 5) is 0. The zero-order chi connectivity index (χ0) is 29.5. The van der Waals surface area contributed by atoms with Crippen molar-refractivity contribution in [1.29, 1.82) is 0 Å². The summed E-state index contributed by atoms with van der Waals surface area (Å²) < 4.78 is 2.47. The normalized spacial score (nSPS) is 13.9. The van der Waals surface area contributed by atoms with E-state index in [0.717, 1.165) is 25.8 Å². The minimum atomic E-state index is 0.135. The average Bonchev–Trinajstić information content (AvgIpc) is 3.03.